The molecule has 0 amide bonds. The Balaban J connectivity index is 1.92. The van der Waals surface area contributed by atoms with Gasteiger partial charge in [0, 0.05) is 5.92 Å². The van der Waals surface area contributed by atoms with Gasteiger partial charge in [0.2, 0.25) is 0 Å². The minimum atomic E-state index is -0.768. The molecular weight excluding hydrogens is 348 g/mol. The number of carbonyl (C=O) groups is 2. The van der Waals surface area contributed by atoms with E-state index in [0.717, 1.165) is 22.4 Å². The molecule has 3 rings (SSSR count). The lowest BCUT2D eigenvalue weighted by atomic mass is 9.74. The third kappa shape index (κ3) is 3.88. The lowest BCUT2D eigenvalue weighted by molar-refractivity contribution is -0.151. The number of esters is 1. The SMILES string of the molecule is CCOC(=O)[C@@H]1C(=O)C=C(c2ccc(OCC)cc2)C[C@H]1c1ccsc1. The average molecular weight is 370 g/mol. The molecule has 136 valence electrons. The van der Waals surface area contributed by atoms with E-state index >= 15 is 0 Å². The van der Waals surface area contributed by atoms with Gasteiger partial charge in [0.05, 0.1) is 13.2 Å². The van der Waals surface area contributed by atoms with E-state index in [1.807, 2.05) is 48.0 Å². The van der Waals surface area contributed by atoms with Crippen molar-refractivity contribution in [2.24, 2.45) is 5.92 Å². The third-order valence-corrected chi connectivity index (χ3v) is 5.21. The molecule has 0 N–H and O–H groups in total. The Labute approximate surface area is 157 Å². The minimum Gasteiger partial charge on any atom is -0.494 e. The minimum absolute atomic E-state index is 0.185. The topological polar surface area (TPSA) is 52.6 Å². The third-order valence-electron chi connectivity index (χ3n) is 4.51. The maximum Gasteiger partial charge on any atom is 0.317 e. The first-order chi connectivity index (χ1) is 12.6. The summed E-state index contributed by atoms with van der Waals surface area (Å²) >= 11 is 1.57. The molecule has 0 saturated heterocycles. The Bertz CT molecular complexity index is 790. The van der Waals surface area contributed by atoms with Gasteiger partial charge >= 0.3 is 5.97 Å². The zero-order valence-electron chi connectivity index (χ0n) is 14.9. The van der Waals surface area contributed by atoms with Crippen molar-refractivity contribution in [2.45, 2.75) is 26.2 Å². The highest BCUT2D eigenvalue weighted by atomic mass is 32.1. The predicted octanol–water partition coefficient (Wildman–Crippen LogP) is 4.47. The Morgan fingerprint density at radius 2 is 1.92 bits per heavy atom. The quantitative estimate of drug-likeness (QED) is 0.556. The fourth-order valence-electron chi connectivity index (χ4n) is 3.32. The highest BCUT2D eigenvalue weighted by Crippen LogP contribution is 2.41. The molecule has 0 saturated carbocycles. The second-order valence-corrected chi connectivity index (χ2v) is 6.91. The average Bonchev–Trinajstić information content (AvgIpc) is 3.16. The first kappa shape index (κ1) is 18.4. The summed E-state index contributed by atoms with van der Waals surface area (Å²) in [7, 11) is 0. The van der Waals surface area contributed by atoms with Crippen LogP contribution in [0.3, 0.4) is 0 Å². The van der Waals surface area contributed by atoms with Crippen LogP contribution in [0.5, 0.6) is 5.75 Å². The molecule has 0 spiro atoms. The van der Waals surface area contributed by atoms with Crippen LogP contribution in [0, 0.1) is 5.92 Å². The van der Waals surface area contributed by atoms with Crippen molar-refractivity contribution in [3.8, 4) is 5.75 Å². The molecule has 0 fully saturated rings. The van der Waals surface area contributed by atoms with Crippen molar-refractivity contribution in [3.63, 3.8) is 0 Å². The molecule has 0 bridgehead atoms. The summed E-state index contributed by atoms with van der Waals surface area (Å²) in [5.74, 6) is -0.779. The van der Waals surface area contributed by atoms with Gasteiger partial charge in [0.25, 0.3) is 0 Å². The monoisotopic (exact) mass is 370 g/mol. The van der Waals surface area contributed by atoms with Crippen LogP contribution >= 0.6 is 11.3 Å². The first-order valence-corrected chi connectivity index (χ1v) is 9.74. The van der Waals surface area contributed by atoms with E-state index in [9.17, 15) is 9.59 Å². The number of hydrogen-bond donors (Lipinski definition) is 0. The van der Waals surface area contributed by atoms with Gasteiger partial charge in [0.15, 0.2) is 5.78 Å². The summed E-state index contributed by atoms with van der Waals surface area (Å²) < 4.78 is 10.6. The summed E-state index contributed by atoms with van der Waals surface area (Å²) in [6, 6.07) is 9.71. The van der Waals surface area contributed by atoms with E-state index < -0.39 is 11.9 Å². The van der Waals surface area contributed by atoms with E-state index in [0.29, 0.717) is 13.0 Å². The summed E-state index contributed by atoms with van der Waals surface area (Å²) in [5.41, 5.74) is 2.93. The van der Waals surface area contributed by atoms with Crippen molar-refractivity contribution in [1.29, 1.82) is 0 Å². The molecule has 1 aromatic carbocycles. The number of thiophene rings is 1. The summed E-state index contributed by atoms with van der Waals surface area (Å²) in [6.45, 7) is 4.58. The van der Waals surface area contributed by atoms with Crippen LogP contribution in [0.1, 0.15) is 37.3 Å². The second kappa shape index (κ2) is 8.32. The van der Waals surface area contributed by atoms with Gasteiger partial charge in [-0.1, -0.05) is 12.1 Å². The number of rotatable bonds is 6. The van der Waals surface area contributed by atoms with Crippen molar-refractivity contribution < 1.29 is 19.1 Å². The lowest BCUT2D eigenvalue weighted by Gasteiger charge is -2.28. The van der Waals surface area contributed by atoms with Crippen LogP contribution in [-0.4, -0.2) is 25.0 Å². The number of hydrogen-bond acceptors (Lipinski definition) is 5. The van der Waals surface area contributed by atoms with Crippen molar-refractivity contribution in [2.75, 3.05) is 13.2 Å². The maximum absolute atomic E-state index is 12.8. The van der Waals surface area contributed by atoms with Crippen molar-refractivity contribution in [3.05, 3.63) is 58.3 Å². The Kier molecular flexibility index (Phi) is 5.89. The van der Waals surface area contributed by atoms with Crippen molar-refractivity contribution in [1.82, 2.24) is 0 Å². The number of ketones is 1. The second-order valence-electron chi connectivity index (χ2n) is 6.13. The zero-order chi connectivity index (χ0) is 18.5. The van der Waals surface area contributed by atoms with E-state index in [4.69, 9.17) is 9.47 Å². The molecular formula is C21H22O4S. The molecule has 2 atom stereocenters. The zero-order valence-corrected chi connectivity index (χ0v) is 15.8. The van der Waals surface area contributed by atoms with Gasteiger partial charge in [-0.2, -0.15) is 11.3 Å². The van der Waals surface area contributed by atoms with E-state index in [1.165, 1.54) is 0 Å². The molecule has 0 unspecified atom stereocenters. The van der Waals surface area contributed by atoms with Gasteiger partial charge < -0.3 is 9.47 Å². The van der Waals surface area contributed by atoms with Crippen LogP contribution in [0.4, 0.5) is 0 Å². The lowest BCUT2D eigenvalue weighted by Crippen LogP contribution is -2.33. The van der Waals surface area contributed by atoms with Gasteiger partial charge in [0.1, 0.15) is 11.7 Å². The fraction of sp³-hybridized carbons (Fsp3) is 0.333. The Morgan fingerprint density at radius 1 is 1.15 bits per heavy atom. The van der Waals surface area contributed by atoms with Crippen LogP contribution in [0.15, 0.2) is 47.2 Å². The summed E-state index contributed by atoms with van der Waals surface area (Å²) in [4.78, 5) is 25.2. The Morgan fingerprint density at radius 3 is 2.54 bits per heavy atom. The fourth-order valence-corrected chi connectivity index (χ4v) is 4.04. The number of ether oxygens (including phenoxy) is 2. The van der Waals surface area contributed by atoms with E-state index in [1.54, 1.807) is 24.3 Å². The molecule has 1 aliphatic carbocycles. The van der Waals surface area contributed by atoms with Crippen LogP contribution in [-0.2, 0) is 14.3 Å². The first-order valence-electron chi connectivity index (χ1n) is 8.80. The largest absolute Gasteiger partial charge is 0.494 e. The standard InChI is InChI=1S/C21H22O4S/c1-3-24-17-7-5-14(6-8-17)16-11-18(15-9-10-26-13-15)20(19(22)12-16)21(23)25-4-2/h5-10,12-13,18,20H,3-4,11H2,1-2H3/t18-,20-/m0/s1. The van der Waals surface area contributed by atoms with Gasteiger partial charge in [-0.05, 0) is 72.0 Å². The van der Waals surface area contributed by atoms with Crippen LogP contribution in [0.2, 0.25) is 0 Å². The van der Waals surface area contributed by atoms with Gasteiger partial charge in [-0.25, -0.2) is 0 Å². The van der Waals surface area contributed by atoms with Crippen LogP contribution in [0.25, 0.3) is 5.57 Å². The molecule has 4 nitrogen and oxygen atoms in total. The highest BCUT2D eigenvalue weighted by molar-refractivity contribution is 7.08. The van der Waals surface area contributed by atoms with E-state index in [-0.39, 0.29) is 18.3 Å². The van der Waals surface area contributed by atoms with Gasteiger partial charge in [-0.15, -0.1) is 0 Å². The number of carbonyl (C=O) groups excluding carboxylic acids is 2. The smallest absolute Gasteiger partial charge is 0.317 e. The summed E-state index contributed by atoms with van der Waals surface area (Å²) in [5, 5.41) is 3.97. The molecule has 0 aliphatic heterocycles. The molecule has 2 aromatic rings. The molecule has 0 radical (unpaired) electrons. The molecule has 1 aromatic heterocycles. The Hall–Kier alpha value is -2.40. The summed E-state index contributed by atoms with van der Waals surface area (Å²) in [6.07, 6.45) is 2.22. The van der Waals surface area contributed by atoms with Gasteiger partial charge in [-0.3, -0.25) is 9.59 Å². The molecule has 26 heavy (non-hydrogen) atoms. The molecule has 1 heterocycles. The highest BCUT2D eigenvalue weighted by Gasteiger charge is 2.39. The number of allylic oxidation sites excluding steroid dienone is 2. The maximum atomic E-state index is 12.8. The van der Waals surface area contributed by atoms with Crippen molar-refractivity contribution >= 4 is 28.7 Å². The molecule has 5 heteroatoms. The molecule has 1 aliphatic rings. The normalized spacial score (nSPS) is 19.8. The number of benzene rings is 1. The predicted molar refractivity (Wildman–Crippen MR) is 102 cm³/mol. The van der Waals surface area contributed by atoms with E-state index in [2.05, 4.69) is 0 Å². The van der Waals surface area contributed by atoms with Crippen LogP contribution < -0.4 is 4.74 Å².